The van der Waals surface area contributed by atoms with Crippen molar-refractivity contribution in [2.75, 3.05) is 19.3 Å². The van der Waals surface area contributed by atoms with E-state index in [1.54, 1.807) is 0 Å². The van der Waals surface area contributed by atoms with Crippen molar-refractivity contribution in [2.45, 2.75) is 89.8 Å². The lowest BCUT2D eigenvalue weighted by Gasteiger charge is -2.45. The van der Waals surface area contributed by atoms with Crippen molar-refractivity contribution < 1.29 is 23.4 Å². The first-order valence-corrected chi connectivity index (χ1v) is 18.5. The van der Waals surface area contributed by atoms with Gasteiger partial charge in [-0.25, -0.2) is 8.42 Å². The van der Waals surface area contributed by atoms with Crippen LogP contribution < -0.4 is 0 Å². The molecule has 6 nitrogen and oxygen atoms in total. The maximum Gasteiger partial charge on any atom is 0.211 e. The van der Waals surface area contributed by atoms with E-state index in [0.29, 0.717) is 62.6 Å². The SMILES string of the molecule is CCCN(C[C@]1(O)CC[C@H]2c3ccc(cc3C(=O)c3ccc(-c4ccccc4)cc3)C[C@@H](O)CCC(C)=CCC[C@@]21C)S(C)(=O)=O. The zero-order valence-electron chi connectivity index (χ0n) is 27.7. The molecule has 0 amide bonds. The third-order valence-corrected chi connectivity index (χ3v) is 11.8. The highest BCUT2D eigenvalue weighted by Crippen LogP contribution is 2.59. The number of carbonyl (C=O) groups excluding carboxylic acids is 1. The Labute approximate surface area is 275 Å². The summed E-state index contributed by atoms with van der Waals surface area (Å²) in [5.41, 5.74) is 4.30. The van der Waals surface area contributed by atoms with Gasteiger partial charge in [0.1, 0.15) is 0 Å². The van der Waals surface area contributed by atoms with E-state index in [1.165, 1.54) is 16.1 Å². The highest BCUT2D eigenvalue weighted by Gasteiger charge is 2.57. The van der Waals surface area contributed by atoms with E-state index in [2.05, 4.69) is 19.9 Å². The van der Waals surface area contributed by atoms with Crippen LogP contribution in [0.15, 0.2) is 84.4 Å². The van der Waals surface area contributed by atoms with Gasteiger partial charge in [-0.05, 0) is 92.5 Å². The highest BCUT2D eigenvalue weighted by molar-refractivity contribution is 7.88. The van der Waals surface area contributed by atoms with Crippen molar-refractivity contribution in [3.05, 3.63) is 107 Å². The molecule has 2 N–H and O–H groups in total. The van der Waals surface area contributed by atoms with Gasteiger partial charge >= 0.3 is 0 Å². The van der Waals surface area contributed by atoms with Crippen LogP contribution in [0.2, 0.25) is 0 Å². The first-order chi connectivity index (χ1) is 21.8. The topological polar surface area (TPSA) is 94.9 Å². The molecule has 0 aromatic heterocycles. The van der Waals surface area contributed by atoms with Gasteiger partial charge in [-0.1, -0.05) is 92.2 Å². The number of hydrogen-bond acceptors (Lipinski definition) is 5. The van der Waals surface area contributed by atoms with Crippen LogP contribution in [0, 0.1) is 5.41 Å². The zero-order chi connectivity index (χ0) is 33.1. The molecule has 0 saturated heterocycles. The number of allylic oxidation sites excluding steroid dienone is 2. The number of aliphatic hydroxyl groups excluding tert-OH is 1. The number of fused-ring (bicyclic) bond motifs is 8. The molecule has 1 fully saturated rings. The minimum absolute atomic E-state index is 0.0316. The number of hydrogen-bond donors (Lipinski definition) is 2. The van der Waals surface area contributed by atoms with Crippen LogP contribution in [0.3, 0.4) is 0 Å². The zero-order valence-corrected chi connectivity index (χ0v) is 28.5. The molecule has 3 aromatic carbocycles. The van der Waals surface area contributed by atoms with Gasteiger partial charge in [-0.3, -0.25) is 4.79 Å². The molecular weight excluding hydrogens is 594 g/mol. The number of benzene rings is 3. The van der Waals surface area contributed by atoms with Gasteiger partial charge in [0.25, 0.3) is 0 Å². The van der Waals surface area contributed by atoms with Gasteiger partial charge in [-0.15, -0.1) is 0 Å². The van der Waals surface area contributed by atoms with Gasteiger partial charge < -0.3 is 10.2 Å². The van der Waals surface area contributed by atoms with Crippen molar-refractivity contribution >= 4 is 15.8 Å². The first-order valence-electron chi connectivity index (χ1n) is 16.7. The van der Waals surface area contributed by atoms with E-state index in [4.69, 9.17) is 0 Å². The molecule has 4 atom stereocenters. The smallest absolute Gasteiger partial charge is 0.211 e. The Balaban J connectivity index is 1.60. The number of rotatable bonds is 8. The molecule has 46 heavy (non-hydrogen) atoms. The molecule has 0 unspecified atom stereocenters. The number of ketones is 1. The molecule has 7 heteroatoms. The third-order valence-electron chi connectivity index (χ3n) is 10.6. The molecule has 3 aliphatic carbocycles. The summed E-state index contributed by atoms with van der Waals surface area (Å²) in [5, 5.41) is 23.4. The van der Waals surface area contributed by atoms with Crippen LogP contribution in [0.4, 0.5) is 0 Å². The summed E-state index contributed by atoms with van der Waals surface area (Å²) in [6.07, 6.45) is 7.81. The van der Waals surface area contributed by atoms with Gasteiger partial charge in [-0.2, -0.15) is 4.31 Å². The predicted octanol–water partition coefficient (Wildman–Crippen LogP) is 7.29. The maximum absolute atomic E-state index is 14.4. The fourth-order valence-electron chi connectivity index (χ4n) is 7.70. The van der Waals surface area contributed by atoms with Gasteiger partial charge in [0.15, 0.2) is 5.78 Å². The van der Waals surface area contributed by atoms with Crippen LogP contribution in [-0.2, 0) is 16.4 Å². The third kappa shape index (κ3) is 7.23. The van der Waals surface area contributed by atoms with Crippen LogP contribution in [0.1, 0.15) is 98.7 Å². The standard InChI is InChI=1S/C39H49NO5S/c1-5-24-40(46(4,44)45)27-39(43)23-21-36-34-20-14-29(25-33(41)19-13-28(2)10-9-22-38(36,39)3)26-35(34)37(42)32-17-15-31(16-18-32)30-11-7-6-8-12-30/h6-8,10-12,14-18,20,26,33,36,41,43H,5,9,13,19,21-25,27H2,1-4H3/t33-,36-,38-,39+/m0/s1. The van der Waals surface area contributed by atoms with Crippen molar-refractivity contribution in [1.29, 1.82) is 0 Å². The van der Waals surface area contributed by atoms with Crippen molar-refractivity contribution in [1.82, 2.24) is 4.31 Å². The number of aliphatic hydroxyl groups is 2. The summed E-state index contributed by atoms with van der Waals surface area (Å²) < 4.78 is 27.1. The lowest BCUT2D eigenvalue weighted by Crippen LogP contribution is -2.53. The van der Waals surface area contributed by atoms with Crippen LogP contribution in [0.25, 0.3) is 11.1 Å². The predicted molar refractivity (Wildman–Crippen MR) is 185 cm³/mol. The molecule has 0 spiro atoms. The summed E-state index contributed by atoms with van der Waals surface area (Å²) in [6, 6.07) is 23.7. The molecule has 6 rings (SSSR count). The van der Waals surface area contributed by atoms with E-state index in [0.717, 1.165) is 28.7 Å². The summed E-state index contributed by atoms with van der Waals surface area (Å²) in [5.74, 6) is -0.256. The van der Waals surface area contributed by atoms with E-state index >= 15 is 0 Å². The second kappa shape index (κ2) is 13.9. The van der Waals surface area contributed by atoms with Crippen LogP contribution in [0.5, 0.6) is 0 Å². The summed E-state index contributed by atoms with van der Waals surface area (Å²) in [7, 11) is -3.53. The second-order valence-corrected chi connectivity index (χ2v) is 15.8. The molecule has 0 radical (unpaired) electrons. The number of carbonyl (C=O) groups is 1. The lowest BCUT2D eigenvalue weighted by atomic mass is 9.64. The summed E-state index contributed by atoms with van der Waals surface area (Å²) in [6.45, 7) is 6.50. The van der Waals surface area contributed by atoms with Gasteiger partial charge in [0, 0.05) is 29.6 Å². The number of nitrogens with zero attached hydrogens (tertiary/aromatic N) is 1. The minimum Gasteiger partial charge on any atom is -0.393 e. The van der Waals surface area contributed by atoms with Gasteiger partial charge in [0.05, 0.1) is 18.0 Å². The van der Waals surface area contributed by atoms with E-state index in [1.807, 2.05) is 79.7 Å². The molecule has 1 saturated carbocycles. The molecule has 3 aliphatic rings. The monoisotopic (exact) mass is 643 g/mol. The molecule has 246 valence electrons. The minimum atomic E-state index is -3.53. The second-order valence-electron chi connectivity index (χ2n) is 13.8. The quantitative estimate of drug-likeness (QED) is 0.199. The Morgan fingerprint density at radius 1 is 0.978 bits per heavy atom. The van der Waals surface area contributed by atoms with Crippen molar-refractivity contribution in [2.24, 2.45) is 5.41 Å². The fourth-order valence-corrected chi connectivity index (χ4v) is 8.66. The summed E-state index contributed by atoms with van der Waals surface area (Å²) in [4.78, 5) is 14.4. The Morgan fingerprint density at radius 3 is 2.35 bits per heavy atom. The number of sulfonamides is 1. The molecular formula is C39H49NO5S. The van der Waals surface area contributed by atoms with E-state index < -0.39 is 27.1 Å². The molecule has 3 aromatic rings. The van der Waals surface area contributed by atoms with Crippen molar-refractivity contribution in [3.63, 3.8) is 0 Å². The molecule has 2 bridgehead atoms. The average Bonchev–Trinajstić information content (AvgIpc) is 3.28. The molecule has 0 heterocycles. The van der Waals surface area contributed by atoms with Crippen LogP contribution >= 0.6 is 0 Å². The Kier molecular flexibility index (Phi) is 10.4. The van der Waals surface area contributed by atoms with E-state index in [9.17, 15) is 23.4 Å². The maximum atomic E-state index is 14.4. The van der Waals surface area contributed by atoms with Gasteiger partial charge in [0.2, 0.25) is 10.0 Å². The fraction of sp³-hybridized carbons (Fsp3) is 0.462. The highest BCUT2D eigenvalue weighted by atomic mass is 32.2. The Morgan fingerprint density at radius 2 is 1.67 bits per heavy atom. The largest absolute Gasteiger partial charge is 0.393 e. The van der Waals surface area contributed by atoms with Crippen molar-refractivity contribution in [3.8, 4) is 11.1 Å². The average molecular weight is 644 g/mol. The summed E-state index contributed by atoms with van der Waals surface area (Å²) >= 11 is 0. The molecule has 0 aliphatic heterocycles. The first kappa shape index (κ1) is 34.2. The Hall–Kier alpha value is -3.10. The van der Waals surface area contributed by atoms with Crippen LogP contribution in [-0.4, -0.2) is 59.8 Å². The normalized spacial score (nSPS) is 25.6. The lowest BCUT2D eigenvalue weighted by molar-refractivity contribution is -0.0723. The Bertz CT molecular complexity index is 1670. The van der Waals surface area contributed by atoms with E-state index in [-0.39, 0.29) is 18.2 Å².